The summed E-state index contributed by atoms with van der Waals surface area (Å²) in [4.78, 5) is 23.9. The Bertz CT molecular complexity index is 510. The van der Waals surface area contributed by atoms with Gasteiger partial charge in [-0.25, -0.2) is 4.79 Å². The molecule has 1 saturated heterocycles. The van der Waals surface area contributed by atoms with Gasteiger partial charge < -0.3 is 14.8 Å². The number of carbonyl (C=O) groups is 2. The first-order chi connectivity index (χ1) is 16.5. The lowest BCUT2D eigenvalue weighted by Gasteiger charge is -2.39. The number of hydrogen-bond donors (Lipinski definition) is 1. The topological polar surface area (TPSA) is 64.6 Å². The molecule has 5 heteroatoms. The second-order valence-electron chi connectivity index (χ2n) is 10.9. The lowest BCUT2D eigenvalue weighted by molar-refractivity contribution is -0.164. The molecule has 0 bridgehead atoms. The lowest BCUT2D eigenvalue weighted by Crippen LogP contribution is -2.44. The van der Waals surface area contributed by atoms with E-state index < -0.39 is 6.04 Å². The van der Waals surface area contributed by atoms with Gasteiger partial charge in [0.1, 0.15) is 12.1 Å². The van der Waals surface area contributed by atoms with Crippen molar-refractivity contribution in [1.29, 1.82) is 0 Å². The van der Waals surface area contributed by atoms with Crippen LogP contribution in [0.2, 0.25) is 0 Å². The van der Waals surface area contributed by atoms with Crippen molar-refractivity contribution in [2.24, 2.45) is 11.8 Å². The van der Waals surface area contributed by atoms with Crippen LogP contribution in [0.3, 0.4) is 0 Å². The van der Waals surface area contributed by atoms with Crippen LogP contribution in [-0.4, -0.2) is 37.2 Å². The predicted molar refractivity (Wildman–Crippen MR) is 141 cm³/mol. The molecule has 4 atom stereocenters. The van der Waals surface area contributed by atoms with Crippen LogP contribution in [0.15, 0.2) is 0 Å². The van der Waals surface area contributed by atoms with E-state index in [1.807, 2.05) is 0 Å². The van der Waals surface area contributed by atoms with E-state index in [9.17, 15) is 9.59 Å². The molecule has 200 valence electrons. The van der Waals surface area contributed by atoms with Crippen molar-refractivity contribution >= 4 is 12.4 Å². The smallest absolute Gasteiger partial charge is 0.328 e. The van der Waals surface area contributed by atoms with Crippen LogP contribution < -0.4 is 5.32 Å². The van der Waals surface area contributed by atoms with Crippen LogP contribution in [-0.2, 0) is 19.1 Å². The maximum atomic E-state index is 12.9. The molecule has 0 saturated carbocycles. The second kappa shape index (κ2) is 20.1. The standard InChI is InChI=1S/C29H55NO4/c1-5-7-9-11-12-13-14-15-17-19-26(34-29(32)27(30-23-31)20-24(3)4)21-28-25(22-33-28)18-16-10-8-6-2/h23-28H,5-22H2,1-4H3,(H,30,31)/t25-,26+,27-,28+/m1/s1. The average Bonchev–Trinajstić information content (AvgIpc) is 2.79. The first kappa shape index (κ1) is 30.9. The van der Waals surface area contributed by atoms with Crippen LogP contribution >= 0.6 is 0 Å². The van der Waals surface area contributed by atoms with Crippen molar-refractivity contribution in [1.82, 2.24) is 5.32 Å². The van der Waals surface area contributed by atoms with Gasteiger partial charge in [-0.2, -0.15) is 0 Å². The van der Waals surface area contributed by atoms with Gasteiger partial charge in [-0.15, -0.1) is 0 Å². The second-order valence-corrected chi connectivity index (χ2v) is 10.9. The van der Waals surface area contributed by atoms with E-state index in [2.05, 4.69) is 33.0 Å². The molecule has 0 radical (unpaired) electrons. The van der Waals surface area contributed by atoms with E-state index in [1.54, 1.807) is 0 Å². The van der Waals surface area contributed by atoms with E-state index in [0.29, 0.717) is 24.7 Å². The predicted octanol–water partition coefficient (Wildman–Crippen LogP) is 7.36. The van der Waals surface area contributed by atoms with E-state index in [4.69, 9.17) is 9.47 Å². The van der Waals surface area contributed by atoms with Gasteiger partial charge in [0.25, 0.3) is 0 Å². The Morgan fingerprint density at radius 2 is 1.53 bits per heavy atom. The summed E-state index contributed by atoms with van der Waals surface area (Å²) < 4.78 is 11.9. The molecular weight excluding hydrogens is 426 g/mol. The minimum Gasteiger partial charge on any atom is -0.461 e. The maximum absolute atomic E-state index is 12.9. The van der Waals surface area contributed by atoms with Crippen molar-refractivity contribution in [3.05, 3.63) is 0 Å². The average molecular weight is 482 g/mol. The molecule has 1 rings (SSSR count). The molecule has 1 heterocycles. The van der Waals surface area contributed by atoms with Gasteiger partial charge >= 0.3 is 5.97 Å². The van der Waals surface area contributed by atoms with E-state index in [0.717, 1.165) is 25.9 Å². The molecule has 0 aliphatic carbocycles. The molecule has 34 heavy (non-hydrogen) atoms. The number of amides is 1. The number of esters is 1. The van der Waals surface area contributed by atoms with Crippen molar-refractivity contribution in [3.8, 4) is 0 Å². The van der Waals surface area contributed by atoms with Crippen LogP contribution in [0, 0.1) is 11.8 Å². The number of ether oxygens (including phenoxy) is 2. The summed E-state index contributed by atoms with van der Waals surface area (Å²) in [5.41, 5.74) is 0. The number of nitrogens with one attached hydrogen (secondary N) is 1. The monoisotopic (exact) mass is 481 g/mol. The zero-order valence-electron chi connectivity index (χ0n) is 22.8. The summed E-state index contributed by atoms with van der Waals surface area (Å²) in [6, 6.07) is -0.560. The third-order valence-electron chi connectivity index (χ3n) is 7.15. The van der Waals surface area contributed by atoms with Crippen LogP contribution in [0.4, 0.5) is 0 Å². The Balaban J connectivity index is 2.50. The summed E-state index contributed by atoms with van der Waals surface area (Å²) in [6.45, 7) is 9.45. The SMILES string of the molecule is CCCCCCCCCCC[C@@H](C[C@@H]1OC[C@H]1CCCCCC)OC(=O)[C@@H](CC(C)C)NC=O. The van der Waals surface area contributed by atoms with Crippen LogP contribution in [0.5, 0.6) is 0 Å². The van der Waals surface area contributed by atoms with E-state index in [-0.39, 0.29) is 18.2 Å². The third kappa shape index (κ3) is 14.3. The highest BCUT2D eigenvalue weighted by Gasteiger charge is 2.35. The molecule has 0 aromatic rings. The Kier molecular flexibility index (Phi) is 18.3. The van der Waals surface area contributed by atoms with Gasteiger partial charge in [0, 0.05) is 12.3 Å². The zero-order valence-corrected chi connectivity index (χ0v) is 22.8. The molecule has 1 N–H and O–H groups in total. The Hall–Kier alpha value is -1.10. The number of carbonyl (C=O) groups excluding carboxylic acids is 2. The molecule has 1 fully saturated rings. The van der Waals surface area contributed by atoms with Crippen molar-refractivity contribution in [3.63, 3.8) is 0 Å². The first-order valence-corrected chi connectivity index (χ1v) is 14.5. The van der Waals surface area contributed by atoms with Crippen molar-refractivity contribution in [2.45, 2.75) is 155 Å². The molecule has 0 unspecified atom stereocenters. The normalized spacial score (nSPS) is 19.4. The molecule has 0 spiro atoms. The molecule has 0 aromatic heterocycles. The molecule has 0 aromatic carbocycles. The fourth-order valence-electron chi connectivity index (χ4n) is 4.93. The first-order valence-electron chi connectivity index (χ1n) is 14.5. The summed E-state index contributed by atoms with van der Waals surface area (Å²) in [7, 11) is 0. The summed E-state index contributed by atoms with van der Waals surface area (Å²) in [6.07, 6.45) is 20.9. The number of unbranched alkanes of at least 4 members (excludes halogenated alkanes) is 11. The third-order valence-corrected chi connectivity index (χ3v) is 7.15. The van der Waals surface area contributed by atoms with Crippen LogP contribution in [0.1, 0.15) is 137 Å². The highest BCUT2D eigenvalue weighted by atomic mass is 16.6. The van der Waals surface area contributed by atoms with Gasteiger partial charge in [-0.1, -0.05) is 105 Å². The lowest BCUT2D eigenvalue weighted by atomic mass is 9.87. The van der Waals surface area contributed by atoms with E-state index >= 15 is 0 Å². The Morgan fingerprint density at radius 3 is 2.06 bits per heavy atom. The largest absolute Gasteiger partial charge is 0.461 e. The van der Waals surface area contributed by atoms with Gasteiger partial charge in [-0.05, 0) is 31.6 Å². The molecule has 1 aliphatic heterocycles. The summed E-state index contributed by atoms with van der Waals surface area (Å²) >= 11 is 0. The summed E-state index contributed by atoms with van der Waals surface area (Å²) in [5.74, 6) is 0.615. The zero-order chi connectivity index (χ0) is 25.0. The van der Waals surface area contributed by atoms with Crippen molar-refractivity contribution in [2.75, 3.05) is 6.61 Å². The summed E-state index contributed by atoms with van der Waals surface area (Å²) in [5, 5.41) is 2.67. The number of rotatable bonds is 23. The van der Waals surface area contributed by atoms with Gasteiger partial charge in [0.15, 0.2) is 0 Å². The van der Waals surface area contributed by atoms with Gasteiger partial charge in [0.05, 0.1) is 12.7 Å². The fourth-order valence-corrected chi connectivity index (χ4v) is 4.93. The highest BCUT2D eigenvalue weighted by molar-refractivity contribution is 5.78. The van der Waals surface area contributed by atoms with Gasteiger partial charge in [0.2, 0.25) is 6.41 Å². The molecule has 1 amide bonds. The highest BCUT2D eigenvalue weighted by Crippen LogP contribution is 2.31. The Labute approximate surface area is 210 Å². The molecule has 5 nitrogen and oxygen atoms in total. The van der Waals surface area contributed by atoms with E-state index in [1.165, 1.54) is 83.5 Å². The molecule has 1 aliphatic rings. The quantitative estimate of drug-likeness (QED) is 0.0941. The molecular formula is C29H55NO4. The minimum atomic E-state index is -0.560. The minimum absolute atomic E-state index is 0.122. The van der Waals surface area contributed by atoms with Crippen molar-refractivity contribution < 1.29 is 19.1 Å². The number of hydrogen-bond acceptors (Lipinski definition) is 4. The van der Waals surface area contributed by atoms with Gasteiger partial charge in [-0.3, -0.25) is 4.79 Å². The van der Waals surface area contributed by atoms with Crippen LogP contribution in [0.25, 0.3) is 0 Å². The fraction of sp³-hybridized carbons (Fsp3) is 0.931. The maximum Gasteiger partial charge on any atom is 0.328 e. The Morgan fingerprint density at radius 1 is 0.941 bits per heavy atom.